The summed E-state index contributed by atoms with van der Waals surface area (Å²) >= 11 is 0. The molecule has 0 aliphatic carbocycles. The van der Waals surface area contributed by atoms with E-state index in [0.29, 0.717) is 0 Å². The van der Waals surface area contributed by atoms with Crippen LogP contribution in [0.2, 0.25) is 0 Å². The molecule has 6 rings (SSSR count). The first kappa shape index (κ1) is 22.1. The van der Waals surface area contributed by atoms with Crippen LogP contribution < -0.4 is 10.2 Å². The minimum atomic E-state index is 0.732. The Labute approximate surface area is 209 Å². The second kappa shape index (κ2) is 9.71. The Bertz CT molecular complexity index is 1500. The summed E-state index contributed by atoms with van der Waals surface area (Å²) in [5.74, 6) is 0. The standard InChI is InChI=1S/C29H26N6O/c1-20-27(33-21-17-22(19-30-18-21)35-13-15-36-16-14-35)24-8-6-7-23(25-9-2-4-11-31-25)29(24)34-28(20)26-10-3-5-12-32-26/h2-12,17-19H,13-16H2,1H3,(H,33,34). The van der Waals surface area contributed by atoms with Crippen LogP contribution in [0.15, 0.2) is 85.5 Å². The van der Waals surface area contributed by atoms with Gasteiger partial charge in [0.05, 0.1) is 65.3 Å². The van der Waals surface area contributed by atoms with Crippen LogP contribution in [0.25, 0.3) is 33.5 Å². The van der Waals surface area contributed by atoms with Crippen LogP contribution in [0.4, 0.5) is 17.1 Å². The molecule has 0 bridgehead atoms. The summed E-state index contributed by atoms with van der Waals surface area (Å²) < 4.78 is 5.52. The molecule has 5 heterocycles. The summed E-state index contributed by atoms with van der Waals surface area (Å²) in [4.78, 5) is 21.2. The van der Waals surface area contributed by atoms with Gasteiger partial charge in [0, 0.05) is 42.0 Å². The van der Waals surface area contributed by atoms with Crippen LogP contribution in [0.5, 0.6) is 0 Å². The first-order valence-electron chi connectivity index (χ1n) is 12.1. The third-order valence-electron chi connectivity index (χ3n) is 6.48. The lowest BCUT2D eigenvalue weighted by Crippen LogP contribution is -2.36. The van der Waals surface area contributed by atoms with Gasteiger partial charge in [-0.05, 0) is 37.3 Å². The van der Waals surface area contributed by atoms with Crippen molar-refractivity contribution in [3.8, 4) is 22.6 Å². The lowest BCUT2D eigenvalue weighted by molar-refractivity contribution is 0.122. The molecule has 1 aromatic carbocycles. The highest BCUT2D eigenvalue weighted by Gasteiger charge is 2.18. The van der Waals surface area contributed by atoms with E-state index in [1.54, 1.807) is 6.20 Å². The van der Waals surface area contributed by atoms with Crippen molar-refractivity contribution in [1.82, 2.24) is 19.9 Å². The molecule has 7 nitrogen and oxygen atoms in total. The predicted octanol–water partition coefficient (Wildman–Crippen LogP) is 5.64. The van der Waals surface area contributed by atoms with Gasteiger partial charge < -0.3 is 15.0 Å². The average molecular weight is 475 g/mol. The van der Waals surface area contributed by atoms with Crippen LogP contribution in [-0.2, 0) is 4.74 Å². The van der Waals surface area contributed by atoms with Gasteiger partial charge in [-0.3, -0.25) is 15.0 Å². The van der Waals surface area contributed by atoms with E-state index in [-0.39, 0.29) is 0 Å². The highest BCUT2D eigenvalue weighted by Crippen LogP contribution is 2.38. The number of hydrogen-bond donors (Lipinski definition) is 1. The molecule has 0 radical (unpaired) electrons. The normalized spacial score (nSPS) is 13.6. The third-order valence-corrected chi connectivity index (χ3v) is 6.48. The lowest BCUT2D eigenvalue weighted by Gasteiger charge is -2.28. The fraction of sp³-hybridized carbons (Fsp3) is 0.172. The number of hydrogen-bond acceptors (Lipinski definition) is 7. The number of fused-ring (bicyclic) bond motifs is 1. The molecule has 178 valence electrons. The maximum absolute atomic E-state index is 5.52. The number of para-hydroxylation sites is 1. The number of nitrogens with zero attached hydrogens (tertiary/aromatic N) is 5. The molecule has 5 aromatic rings. The fourth-order valence-corrected chi connectivity index (χ4v) is 4.66. The van der Waals surface area contributed by atoms with Gasteiger partial charge >= 0.3 is 0 Å². The zero-order chi connectivity index (χ0) is 24.3. The Hall–Kier alpha value is -4.36. The van der Waals surface area contributed by atoms with Crippen molar-refractivity contribution >= 4 is 28.0 Å². The summed E-state index contributed by atoms with van der Waals surface area (Å²) in [6.07, 6.45) is 7.38. The summed E-state index contributed by atoms with van der Waals surface area (Å²) in [5, 5.41) is 4.70. The number of ether oxygens (including phenoxy) is 1. The number of aromatic nitrogens is 4. The largest absolute Gasteiger partial charge is 0.378 e. The number of nitrogens with one attached hydrogen (secondary N) is 1. The average Bonchev–Trinajstić information content (AvgIpc) is 2.95. The van der Waals surface area contributed by atoms with Crippen molar-refractivity contribution in [3.63, 3.8) is 0 Å². The second-order valence-electron chi connectivity index (χ2n) is 8.75. The molecule has 0 saturated carbocycles. The number of morpholine rings is 1. The van der Waals surface area contributed by atoms with E-state index in [0.717, 1.165) is 82.5 Å². The monoisotopic (exact) mass is 474 g/mol. The van der Waals surface area contributed by atoms with Crippen molar-refractivity contribution < 1.29 is 4.74 Å². The van der Waals surface area contributed by atoms with E-state index < -0.39 is 0 Å². The molecule has 1 N–H and O–H groups in total. The molecule has 0 spiro atoms. The van der Waals surface area contributed by atoms with Gasteiger partial charge in [0.2, 0.25) is 0 Å². The summed E-state index contributed by atoms with van der Waals surface area (Å²) in [5.41, 5.74) is 8.42. The smallest absolute Gasteiger partial charge is 0.0943 e. The highest BCUT2D eigenvalue weighted by atomic mass is 16.5. The van der Waals surface area contributed by atoms with Crippen LogP contribution >= 0.6 is 0 Å². The van der Waals surface area contributed by atoms with Gasteiger partial charge in [-0.1, -0.05) is 30.3 Å². The van der Waals surface area contributed by atoms with E-state index in [2.05, 4.69) is 56.4 Å². The van der Waals surface area contributed by atoms with Crippen molar-refractivity contribution in [3.05, 3.63) is 91.0 Å². The van der Waals surface area contributed by atoms with Gasteiger partial charge in [0.25, 0.3) is 0 Å². The zero-order valence-corrected chi connectivity index (χ0v) is 20.1. The Morgan fingerprint density at radius 3 is 2.39 bits per heavy atom. The van der Waals surface area contributed by atoms with Crippen LogP contribution in [0.1, 0.15) is 5.56 Å². The second-order valence-corrected chi connectivity index (χ2v) is 8.75. The third kappa shape index (κ3) is 4.25. The first-order valence-corrected chi connectivity index (χ1v) is 12.1. The van der Waals surface area contributed by atoms with E-state index in [9.17, 15) is 0 Å². The number of anilines is 3. The van der Waals surface area contributed by atoms with Gasteiger partial charge in [-0.15, -0.1) is 0 Å². The first-order chi connectivity index (χ1) is 17.8. The predicted molar refractivity (Wildman–Crippen MR) is 143 cm³/mol. The topological polar surface area (TPSA) is 76.1 Å². The summed E-state index contributed by atoms with van der Waals surface area (Å²) in [6.45, 7) is 5.27. The summed E-state index contributed by atoms with van der Waals surface area (Å²) in [7, 11) is 0. The van der Waals surface area contributed by atoms with E-state index in [1.807, 2.05) is 55.0 Å². The minimum Gasteiger partial charge on any atom is -0.378 e. The van der Waals surface area contributed by atoms with Crippen LogP contribution in [-0.4, -0.2) is 46.2 Å². The Morgan fingerprint density at radius 2 is 1.64 bits per heavy atom. The highest BCUT2D eigenvalue weighted by molar-refractivity contribution is 6.03. The molecule has 1 aliphatic heterocycles. The lowest BCUT2D eigenvalue weighted by atomic mass is 10.00. The zero-order valence-electron chi connectivity index (χ0n) is 20.1. The number of benzene rings is 1. The van der Waals surface area contributed by atoms with Crippen LogP contribution in [0, 0.1) is 6.92 Å². The van der Waals surface area contributed by atoms with Crippen molar-refractivity contribution in [2.75, 3.05) is 36.5 Å². The van der Waals surface area contributed by atoms with E-state index in [4.69, 9.17) is 9.72 Å². The summed E-state index contributed by atoms with van der Waals surface area (Å²) in [6, 6.07) is 20.2. The van der Waals surface area contributed by atoms with Crippen molar-refractivity contribution in [2.45, 2.75) is 6.92 Å². The quantitative estimate of drug-likeness (QED) is 0.353. The molecule has 0 atom stereocenters. The molecule has 1 saturated heterocycles. The Balaban J connectivity index is 1.52. The van der Waals surface area contributed by atoms with Gasteiger partial charge in [-0.25, -0.2) is 4.98 Å². The van der Waals surface area contributed by atoms with Gasteiger partial charge in [0.15, 0.2) is 0 Å². The van der Waals surface area contributed by atoms with E-state index in [1.165, 1.54) is 0 Å². The SMILES string of the molecule is Cc1c(-c2ccccn2)nc2c(-c3ccccn3)cccc2c1Nc1cncc(N2CCOCC2)c1. The molecule has 36 heavy (non-hydrogen) atoms. The maximum Gasteiger partial charge on any atom is 0.0943 e. The molecule has 1 aliphatic rings. The van der Waals surface area contributed by atoms with Gasteiger partial charge in [0.1, 0.15) is 0 Å². The molecular weight excluding hydrogens is 448 g/mol. The van der Waals surface area contributed by atoms with Crippen molar-refractivity contribution in [1.29, 1.82) is 0 Å². The molecule has 7 heteroatoms. The molecule has 4 aromatic heterocycles. The number of rotatable bonds is 5. The maximum atomic E-state index is 5.52. The number of pyridine rings is 4. The Kier molecular flexibility index (Phi) is 5.97. The minimum absolute atomic E-state index is 0.732. The van der Waals surface area contributed by atoms with Gasteiger partial charge in [-0.2, -0.15) is 0 Å². The molecule has 1 fully saturated rings. The molecular formula is C29H26N6O. The van der Waals surface area contributed by atoms with Crippen molar-refractivity contribution in [2.24, 2.45) is 0 Å². The van der Waals surface area contributed by atoms with E-state index >= 15 is 0 Å². The molecule has 0 amide bonds. The van der Waals surface area contributed by atoms with Crippen LogP contribution in [0.3, 0.4) is 0 Å². The fourth-order valence-electron chi connectivity index (χ4n) is 4.66. The Morgan fingerprint density at radius 1 is 0.861 bits per heavy atom. The molecule has 0 unspecified atom stereocenters.